The summed E-state index contributed by atoms with van der Waals surface area (Å²) in [5, 5.41) is -0.662. The molecule has 1 unspecified atom stereocenters. The van der Waals surface area contributed by atoms with Crippen LogP contribution in [0, 0.1) is 0 Å². The van der Waals surface area contributed by atoms with Crippen LogP contribution in [0.1, 0.15) is 40.9 Å². The molecule has 0 spiro atoms. The van der Waals surface area contributed by atoms with E-state index >= 15 is 0 Å². The highest BCUT2D eigenvalue weighted by atomic mass is 35.5. The number of carbonyl (C=O) groups is 1. The van der Waals surface area contributed by atoms with Gasteiger partial charge < -0.3 is 5.73 Å². The maximum Gasteiger partial charge on any atom is 0.417 e. The van der Waals surface area contributed by atoms with E-state index in [2.05, 4.69) is 76.8 Å². The number of rotatable bonds is 6. The minimum Gasteiger partial charge on any atom is -0.333 e. The average molecular weight is 532 g/mol. The number of alkyl halides is 3. The van der Waals surface area contributed by atoms with Gasteiger partial charge in [-0.2, -0.15) is 13.2 Å². The highest BCUT2D eigenvalue weighted by Gasteiger charge is 2.34. The third-order valence-corrected chi connectivity index (χ3v) is 6.35. The van der Waals surface area contributed by atoms with Gasteiger partial charge in [0.05, 0.1) is 10.6 Å². The number of pyridine rings is 1. The van der Waals surface area contributed by atoms with E-state index in [1.807, 2.05) is 6.08 Å². The summed E-state index contributed by atoms with van der Waals surface area (Å²) in [6, 6.07) is 21.1. The van der Waals surface area contributed by atoms with Crippen LogP contribution in [0.5, 0.6) is 0 Å². The highest BCUT2D eigenvalue weighted by molar-refractivity contribution is 6.33. The van der Waals surface area contributed by atoms with Gasteiger partial charge in [-0.25, -0.2) is 0 Å². The molecule has 1 saturated heterocycles. The number of benzene rings is 2. The van der Waals surface area contributed by atoms with Gasteiger partial charge in [-0.15, -0.1) is 6.58 Å². The zero-order chi connectivity index (χ0) is 27.3. The summed E-state index contributed by atoms with van der Waals surface area (Å²) in [6.45, 7) is 6.14. The van der Waals surface area contributed by atoms with Crippen molar-refractivity contribution in [2.75, 3.05) is 20.1 Å². The third-order valence-electron chi connectivity index (χ3n) is 5.95. The molecular formula is C29H33ClF3N3O. The largest absolute Gasteiger partial charge is 0.417 e. The van der Waals surface area contributed by atoms with Crippen molar-refractivity contribution < 1.29 is 18.0 Å². The fraction of sp³-hybridized carbons (Fsp3) is 0.310. The quantitative estimate of drug-likeness (QED) is 0.273. The molecule has 0 aliphatic carbocycles. The van der Waals surface area contributed by atoms with Gasteiger partial charge in [0.2, 0.25) is 0 Å². The van der Waals surface area contributed by atoms with Crippen LogP contribution in [-0.4, -0.2) is 42.3 Å². The summed E-state index contributed by atoms with van der Waals surface area (Å²) in [4.78, 5) is 16.2. The summed E-state index contributed by atoms with van der Waals surface area (Å²) in [7, 11) is 1.50. The molecule has 2 aromatic carbocycles. The van der Waals surface area contributed by atoms with E-state index in [0.717, 1.165) is 25.2 Å². The summed E-state index contributed by atoms with van der Waals surface area (Å²) >= 11 is 5.28. The number of aromatic nitrogens is 1. The van der Waals surface area contributed by atoms with Crippen LogP contribution in [0.15, 0.2) is 79.5 Å². The second-order valence-electron chi connectivity index (χ2n) is 8.38. The lowest BCUT2D eigenvalue weighted by Crippen LogP contribution is -2.40. The Morgan fingerprint density at radius 3 is 2.43 bits per heavy atom. The Morgan fingerprint density at radius 2 is 1.78 bits per heavy atom. The van der Waals surface area contributed by atoms with Gasteiger partial charge in [-0.3, -0.25) is 14.7 Å². The molecule has 1 aromatic heterocycles. The monoisotopic (exact) mass is 531 g/mol. The lowest BCUT2D eigenvalue weighted by molar-refractivity contribution is -0.137. The normalized spacial score (nSPS) is 15.5. The van der Waals surface area contributed by atoms with E-state index in [4.69, 9.17) is 11.6 Å². The summed E-state index contributed by atoms with van der Waals surface area (Å²) in [5.74, 6) is 0. The van der Waals surface area contributed by atoms with E-state index in [9.17, 15) is 18.0 Å². The zero-order valence-corrected chi connectivity index (χ0v) is 21.7. The first kappa shape index (κ1) is 30.2. The molecule has 8 heteroatoms. The molecule has 1 atom stereocenters. The molecule has 1 fully saturated rings. The lowest BCUT2D eigenvalue weighted by Gasteiger charge is -2.35. The molecule has 3 aromatic rings. The van der Waals surface area contributed by atoms with Crippen LogP contribution < -0.4 is 5.73 Å². The van der Waals surface area contributed by atoms with Crippen molar-refractivity contribution in [1.82, 2.24) is 9.88 Å². The number of hydrogen-bond donors (Lipinski definition) is 1. The number of piperidine rings is 1. The smallest absolute Gasteiger partial charge is 0.333 e. The number of hydrogen-bond acceptors (Lipinski definition) is 4. The molecule has 1 aliphatic heterocycles. The Kier molecular flexibility index (Phi) is 12.5. The first-order valence-corrected chi connectivity index (χ1v) is 12.4. The van der Waals surface area contributed by atoms with Crippen molar-refractivity contribution in [3.8, 4) is 11.1 Å². The molecule has 0 bridgehead atoms. The maximum atomic E-state index is 12.1. The van der Waals surface area contributed by atoms with Crippen LogP contribution in [0.2, 0.25) is 5.02 Å². The van der Waals surface area contributed by atoms with Crippen molar-refractivity contribution in [2.45, 2.75) is 37.9 Å². The molecule has 37 heavy (non-hydrogen) atoms. The van der Waals surface area contributed by atoms with E-state index in [1.54, 1.807) is 0 Å². The van der Waals surface area contributed by atoms with Crippen molar-refractivity contribution in [1.29, 1.82) is 0 Å². The van der Waals surface area contributed by atoms with Crippen molar-refractivity contribution >= 4 is 17.9 Å². The Balaban J connectivity index is 0.000000275. The van der Waals surface area contributed by atoms with E-state index in [1.165, 1.54) is 49.5 Å². The average Bonchev–Trinajstić information content (AvgIpc) is 2.92. The van der Waals surface area contributed by atoms with Crippen LogP contribution in [0.25, 0.3) is 11.1 Å². The molecule has 2 heterocycles. The van der Waals surface area contributed by atoms with E-state index in [-0.39, 0.29) is 6.29 Å². The van der Waals surface area contributed by atoms with Crippen LogP contribution in [-0.2, 0) is 12.6 Å². The van der Waals surface area contributed by atoms with Gasteiger partial charge in [-0.1, -0.05) is 78.7 Å². The first-order chi connectivity index (χ1) is 17.8. The molecule has 0 radical (unpaired) electrons. The molecule has 4 nitrogen and oxygen atoms in total. The summed E-state index contributed by atoms with van der Waals surface area (Å²) in [6.07, 6.45) is 3.69. The SMILES string of the molecule is C=CCN1CCCCC1Cc1cccc(-c2ccccc2)c1.CN.O=Cc1nccc(C(F)(F)F)c1Cl. The highest BCUT2D eigenvalue weighted by Crippen LogP contribution is 2.35. The molecular weight excluding hydrogens is 499 g/mol. The Hall–Kier alpha value is -3.00. The maximum absolute atomic E-state index is 12.1. The Labute approximate surface area is 222 Å². The van der Waals surface area contributed by atoms with E-state index < -0.39 is 22.5 Å². The summed E-state index contributed by atoms with van der Waals surface area (Å²) < 4.78 is 36.4. The minimum atomic E-state index is -4.56. The number of carbonyl (C=O) groups excluding carboxylic acids is 1. The second kappa shape index (κ2) is 15.3. The molecule has 4 rings (SSSR count). The van der Waals surface area contributed by atoms with Gasteiger partial charge in [0.15, 0.2) is 6.29 Å². The Morgan fingerprint density at radius 1 is 1.08 bits per heavy atom. The van der Waals surface area contributed by atoms with Crippen molar-refractivity contribution in [3.05, 3.63) is 101 Å². The fourth-order valence-corrected chi connectivity index (χ4v) is 4.50. The Bertz CT molecular complexity index is 1120. The number of likely N-dealkylation sites (tertiary alicyclic amines) is 1. The van der Waals surface area contributed by atoms with Crippen molar-refractivity contribution in [3.63, 3.8) is 0 Å². The zero-order valence-electron chi connectivity index (χ0n) is 20.9. The van der Waals surface area contributed by atoms with Gasteiger partial charge in [0.25, 0.3) is 0 Å². The number of aldehydes is 1. The minimum absolute atomic E-state index is 0.178. The topological polar surface area (TPSA) is 59.2 Å². The predicted molar refractivity (Wildman–Crippen MR) is 145 cm³/mol. The molecule has 0 amide bonds. The molecule has 0 saturated carbocycles. The number of nitrogens with two attached hydrogens (primary N) is 1. The van der Waals surface area contributed by atoms with Crippen LogP contribution in [0.3, 0.4) is 0 Å². The second-order valence-corrected chi connectivity index (χ2v) is 8.76. The first-order valence-electron chi connectivity index (χ1n) is 12.1. The molecule has 198 valence electrons. The number of halogens is 4. The van der Waals surface area contributed by atoms with Crippen LogP contribution >= 0.6 is 11.6 Å². The molecule has 1 aliphatic rings. The standard InChI is InChI=1S/C21H25N.C7H3ClF3NO.CH5N/c1-2-14-22-15-7-6-13-21(22)17-18-9-8-12-20(16-18)19-10-4-3-5-11-19;8-6-4(7(9,10)11)1-2-12-5(6)3-13;1-2/h2-5,8-12,16,21H,1,6-7,13-15,17H2;1-3H;2H2,1H3. The predicted octanol–water partition coefficient (Wildman–Crippen LogP) is 7.08. The lowest BCUT2D eigenvalue weighted by atomic mass is 9.94. The van der Waals surface area contributed by atoms with Gasteiger partial charge in [0, 0.05) is 18.8 Å². The van der Waals surface area contributed by atoms with Gasteiger partial charge >= 0.3 is 6.18 Å². The summed E-state index contributed by atoms with van der Waals surface area (Å²) in [5.41, 5.74) is 7.12. The van der Waals surface area contributed by atoms with Gasteiger partial charge in [0.1, 0.15) is 5.69 Å². The van der Waals surface area contributed by atoms with Crippen molar-refractivity contribution in [2.24, 2.45) is 5.73 Å². The third kappa shape index (κ3) is 9.11. The van der Waals surface area contributed by atoms with Gasteiger partial charge in [-0.05, 0) is 55.6 Å². The molecule has 2 N–H and O–H groups in total. The van der Waals surface area contributed by atoms with E-state index in [0.29, 0.717) is 6.04 Å². The fourth-order valence-electron chi connectivity index (χ4n) is 4.24. The van der Waals surface area contributed by atoms with Crippen LogP contribution in [0.4, 0.5) is 13.2 Å². The number of nitrogens with zero attached hydrogens (tertiary/aromatic N) is 2.